The summed E-state index contributed by atoms with van der Waals surface area (Å²) >= 11 is 3.53. The Morgan fingerprint density at radius 2 is 2.19 bits per heavy atom. The zero-order valence-corrected chi connectivity index (χ0v) is 17.0. The SMILES string of the molecule is CN=C(NCCC(=O)N(C)Cc1ccccc1Br)NC1CC2CCC1O2. The predicted octanol–water partition coefficient (Wildman–Crippen LogP) is 2.28. The quantitative estimate of drug-likeness (QED) is 0.545. The largest absolute Gasteiger partial charge is 0.373 e. The van der Waals surface area contributed by atoms with Crippen LogP contribution in [0.25, 0.3) is 0 Å². The van der Waals surface area contributed by atoms with Crippen molar-refractivity contribution in [1.29, 1.82) is 0 Å². The summed E-state index contributed by atoms with van der Waals surface area (Å²) in [5.41, 5.74) is 1.10. The minimum atomic E-state index is 0.104. The molecule has 2 heterocycles. The summed E-state index contributed by atoms with van der Waals surface area (Å²) in [5, 5.41) is 6.67. The van der Waals surface area contributed by atoms with Crippen LogP contribution < -0.4 is 10.6 Å². The lowest BCUT2D eigenvalue weighted by molar-refractivity contribution is -0.130. The highest BCUT2D eigenvalue weighted by molar-refractivity contribution is 9.10. The predicted molar refractivity (Wildman–Crippen MR) is 106 cm³/mol. The van der Waals surface area contributed by atoms with E-state index in [1.807, 2.05) is 31.3 Å². The Labute approximate surface area is 163 Å². The van der Waals surface area contributed by atoms with Gasteiger partial charge in [0.2, 0.25) is 5.91 Å². The number of rotatable bonds is 6. The molecule has 3 atom stereocenters. The van der Waals surface area contributed by atoms with E-state index in [4.69, 9.17) is 4.74 Å². The fraction of sp³-hybridized carbons (Fsp3) is 0.579. The second-order valence-corrected chi connectivity index (χ2v) is 7.80. The molecule has 3 unspecified atom stereocenters. The Balaban J connectivity index is 1.40. The van der Waals surface area contributed by atoms with Crippen LogP contribution in [-0.4, -0.2) is 55.7 Å². The number of guanidine groups is 1. The number of amides is 1. The van der Waals surface area contributed by atoms with Gasteiger partial charge >= 0.3 is 0 Å². The molecule has 0 aliphatic carbocycles. The van der Waals surface area contributed by atoms with Crippen LogP contribution in [0.2, 0.25) is 0 Å². The second-order valence-electron chi connectivity index (χ2n) is 6.95. The van der Waals surface area contributed by atoms with Gasteiger partial charge in [-0.05, 0) is 30.9 Å². The lowest BCUT2D eigenvalue weighted by Crippen LogP contribution is -2.48. The first-order valence-corrected chi connectivity index (χ1v) is 9.96. The van der Waals surface area contributed by atoms with Crippen molar-refractivity contribution in [2.45, 2.75) is 50.5 Å². The molecule has 26 heavy (non-hydrogen) atoms. The van der Waals surface area contributed by atoms with Gasteiger partial charge in [-0.15, -0.1) is 0 Å². The minimum absolute atomic E-state index is 0.104. The van der Waals surface area contributed by atoms with E-state index in [1.165, 1.54) is 6.42 Å². The molecule has 0 spiro atoms. The molecule has 1 aromatic rings. The Morgan fingerprint density at radius 3 is 2.85 bits per heavy atom. The Kier molecular flexibility index (Phi) is 6.53. The molecule has 2 aliphatic rings. The third kappa shape index (κ3) is 4.76. The average Bonchev–Trinajstić information content (AvgIpc) is 3.25. The van der Waals surface area contributed by atoms with Gasteiger partial charge in [0.1, 0.15) is 0 Å². The fourth-order valence-corrected chi connectivity index (χ4v) is 4.02. The number of hydrogen-bond acceptors (Lipinski definition) is 3. The molecule has 0 radical (unpaired) electrons. The monoisotopic (exact) mass is 422 g/mol. The van der Waals surface area contributed by atoms with Crippen molar-refractivity contribution < 1.29 is 9.53 Å². The van der Waals surface area contributed by atoms with E-state index in [1.54, 1.807) is 11.9 Å². The molecule has 0 aromatic heterocycles. The van der Waals surface area contributed by atoms with E-state index in [0.717, 1.165) is 28.8 Å². The number of fused-ring (bicyclic) bond motifs is 2. The van der Waals surface area contributed by atoms with Crippen LogP contribution >= 0.6 is 15.9 Å². The fourth-order valence-electron chi connectivity index (χ4n) is 3.61. The van der Waals surface area contributed by atoms with Crippen LogP contribution in [0, 0.1) is 0 Å². The molecule has 2 bridgehead atoms. The molecule has 2 fully saturated rings. The van der Waals surface area contributed by atoms with Gasteiger partial charge in [0.25, 0.3) is 0 Å². The minimum Gasteiger partial charge on any atom is -0.373 e. The smallest absolute Gasteiger partial charge is 0.224 e. The Morgan fingerprint density at radius 1 is 1.38 bits per heavy atom. The summed E-state index contributed by atoms with van der Waals surface area (Å²) in [6, 6.07) is 8.29. The zero-order valence-electron chi connectivity index (χ0n) is 15.4. The summed E-state index contributed by atoms with van der Waals surface area (Å²) in [4.78, 5) is 18.4. The molecule has 142 valence electrons. The van der Waals surface area contributed by atoms with E-state index < -0.39 is 0 Å². The van der Waals surface area contributed by atoms with Crippen LogP contribution in [0.4, 0.5) is 0 Å². The highest BCUT2D eigenvalue weighted by Gasteiger charge is 2.41. The maximum absolute atomic E-state index is 12.4. The number of halogens is 1. The molecule has 2 saturated heterocycles. The van der Waals surface area contributed by atoms with E-state index in [0.29, 0.717) is 37.8 Å². The maximum Gasteiger partial charge on any atom is 0.224 e. The van der Waals surface area contributed by atoms with Crippen LogP contribution in [0.5, 0.6) is 0 Å². The normalized spacial score (nSPS) is 24.6. The summed E-state index contributed by atoms with van der Waals surface area (Å²) in [6.45, 7) is 1.15. The number of benzene rings is 1. The first-order chi connectivity index (χ1) is 12.6. The standard InChI is InChI=1S/C19H27BrN4O2/c1-21-19(23-16-11-14-7-8-17(16)26-14)22-10-9-18(25)24(2)12-13-5-3-4-6-15(13)20/h3-6,14,16-17H,7-12H2,1-2H3,(H2,21,22,23). The van der Waals surface area contributed by atoms with Gasteiger partial charge in [-0.3, -0.25) is 9.79 Å². The van der Waals surface area contributed by atoms with E-state index >= 15 is 0 Å². The lowest BCUT2D eigenvalue weighted by atomic mass is 9.96. The van der Waals surface area contributed by atoms with Crippen molar-refractivity contribution in [2.24, 2.45) is 4.99 Å². The first kappa shape index (κ1) is 19.2. The lowest BCUT2D eigenvalue weighted by Gasteiger charge is -2.23. The molecule has 0 saturated carbocycles. The molecule has 6 nitrogen and oxygen atoms in total. The van der Waals surface area contributed by atoms with Crippen molar-refractivity contribution in [3.63, 3.8) is 0 Å². The number of carbonyl (C=O) groups is 1. The number of aliphatic imine (C=N–C) groups is 1. The molecule has 1 amide bonds. The van der Waals surface area contributed by atoms with Crippen molar-refractivity contribution in [2.75, 3.05) is 20.6 Å². The number of hydrogen-bond donors (Lipinski definition) is 2. The number of nitrogens with one attached hydrogen (secondary N) is 2. The van der Waals surface area contributed by atoms with Gasteiger partial charge in [0.05, 0.1) is 18.2 Å². The van der Waals surface area contributed by atoms with Crippen LogP contribution in [-0.2, 0) is 16.1 Å². The highest BCUT2D eigenvalue weighted by Crippen LogP contribution is 2.34. The van der Waals surface area contributed by atoms with Gasteiger partial charge < -0.3 is 20.3 Å². The summed E-state index contributed by atoms with van der Waals surface area (Å²) in [5.74, 6) is 0.847. The van der Waals surface area contributed by atoms with E-state index in [2.05, 4.69) is 31.6 Å². The van der Waals surface area contributed by atoms with E-state index in [-0.39, 0.29) is 5.91 Å². The van der Waals surface area contributed by atoms with Crippen LogP contribution in [0.3, 0.4) is 0 Å². The molecule has 2 aliphatic heterocycles. The third-order valence-electron chi connectivity index (χ3n) is 5.07. The molecule has 2 N–H and O–H groups in total. The summed E-state index contributed by atoms with van der Waals surface area (Å²) in [7, 11) is 3.59. The van der Waals surface area contributed by atoms with Crippen LogP contribution in [0.15, 0.2) is 33.7 Å². The zero-order chi connectivity index (χ0) is 18.5. The summed E-state index contributed by atoms with van der Waals surface area (Å²) < 4.78 is 6.88. The van der Waals surface area contributed by atoms with Crippen LogP contribution in [0.1, 0.15) is 31.2 Å². The van der Waals surface area contributed by atoms with Gasteiger partial charge in [-0.2, -0.15) is 0 Å². The van der Waals surface area contributed by atoms with Crippen molar-refractivity contribution in [3.05, 3.63) is 34.3 Å². The first-order valence-electron chi connectivity index (χ1n) is 9.17. The molecule has 7 heteroatoms. The maximum atomic E-state index is 12.4. The van der Waals surface area contributed by atoms with Gasteiger partial charge in [0.15, 0.2) is 5.96 Å². The van der Waals surface area contributed by atoms with Gasteiger partial charge in [-0.1, -0.05) is 34.1 Å². The van der Waals surface area contributed by atoms with Crippen molar-refractivity contribution >= 4 is 27.8 Å². The third-order valence-corrected chi connectivity index (χ3v) is 5.85. The number of nitrogens with zero attached hydrogens (tertiary/aromatic N) is 2. The Hall–Kier alpha value is -1.60. The molecular weight excluding hydrogens is 396 g/mol. The second kappa shape index (κ2) is 8.86. The summed E-state index contributed by atoms with van der Waals surface area (Å²) in [6.07, 6.45) is 4.47. The molecule has 3 rings (SSSR count). The van der Waals surface area contributed by atoms with Gasteiger partial charge in [0, 0.05) is 38.1 Å². The number of carbonyl (C=O) groups excluding carboxylic acids is 1. The number of ether oxygens (including phenoxy) is 1. The highest BCUT2D eigenvalue weighted by atomic mass is 79.9. The van der Waals surface area contributed by atoms with Gasteiger partial charge in [-0.25, -0.2) is 0 Å². The molecular formula is C19H27BrN4O2. The Bertz CT molecular complexity index is 667. The average molecular weight is 423 g/mol. The molecule has 1 aromatic carbocycles. The van der Waals surface area contributed by atoms with Crippen molar-refractivity contribution in [3.8, 4) is 0 Å². The van der Waals surface area contributed by atoms with Crippen molar-refractivity contribution in [1.82, 2.24) is 15.5 Å². The topological polar surface area (TPSA) is 66.0 Å². The van der Waals surface area contributed by atoms with E-state index in [9.17, 15) is 4.79 Å².